The highest BCUT2D eigenvalue weighted by atomic mass is 16.3. The number of benzene rings is 1. The summed E-state index contributed by atoms with van der Waals surface area (Å²) < 4.78 is 0. The molecule has 0 radical (unpaired) electrons. The Morgan fingerprint density at radius 3 is 2.47 bits per heavy atom. The number of nitrogens with one attached hydrogen (secondary N) is 2. The van der Waals surface area contributed by atoms with Crippen molar-refractivity contribution >= 4 is 5.91 Å². The van der Waals surface area contributed by atoms with Crippen LogP contribution < -0.4 is 10.6 Å². The molecular weight excluding hydrogens is 244 g/mol. The molecule has 4 N–H and O–H groups in total. The quantitative estimate of drug-likeness (QED) is 0.481. The lowest BCUT2D eigenvalue weighted by Crippen LogP contribution is -2.41. The van der Waals surface area contributed by atoms with Gasteiger partial charge < -0.3 is 20.8 Å². The van der Waals surface area contributed by atoms with E-state index in [1.807, 2.05) is 20.8 Å². The molecule has 0 saturated carbocycles. The molecule has 0 unspecified atom stereocenters. The van der Waals surface area contributed by atoms with Crippen molar-refractivity contribution in [3.63, 3.8) is 0 Å². The van der Waals surface area contributed by atoms with Gasteiger partial charge in [0.05, 0.1) is 0 Å². The van der Waals surface area contributed by atoms with Gasteiger partial charge in [-0.2, -0.15) is 0 Å². The molecule has 0 bridgehead atoms. The van der Waals surface area contributed by atoms with Crippen LogP contribution in [0.15, 0.2) is 18.2 Å². The van der Waals surface area contributed by atoms with Crippen molar-refractivity contribution in [1.29, 1.82) is 0 Å². The van der Waals surface area contributed by atoms with Crippen molar-refractivity contribution in [2.24, 2.45) is 0 Å². The van der Waals surface area contributed by atoms with Crippen LogP contribution in [0.25, 0.3) is 0 Å². The van der Waals surface area contributed by atoms with Crippen LogP contribution in [0.3, 0.4) is 0 Å². The molecule has 19 heavy (non-hydrogen) atoms. The van der Waals surface area contributed by atoms with Crippen LogP contribution in [0, 0.1) is 0 Å². The molecule has 0 aliphatic rings. The maximum atomic E-state index is 11.5. The SMILES string of the molecule is CC(C)(C)NC(=O)CCNCc1ccc(O)c(O)c1. The number of carbonyl (C=O) groups excluding carboxylic acids is 1. The molecule has 0 aliphatic heterocycles. The summed E-state index contributed by atoms with van der Waals surface area (Å²) in [5.74, 6) is -0.258. The fourth-order valence-electron chi connectivity index (χ4n) is 1.59. The normalized spacial score (nSPS) is 11.3. The van der Waals surface area contributed by atoms with Gasteiger partial charge in [-0.25, -0.2) is 0 Å². The second-order valence-electron chi connectivity index (χ2n) is 5.55. The summed E-state index contributed by atoms with van der Waals surface area (Å²) >= 11 is 0. The Hall–Kier alpha value is -1.75. The summed E-state index contributed by atoms with van der Waals surface area (Å²) in [5, 5.41) is 24.5. The number of carbonyl (C=O) groups is 1. The lowest BCUT2D eigenvalue weighted by atomic mass is 10.1. The molecule has 1 aromatic carbocycles. The van der Waals surface area contributed by atoms with Crippen LogP contribution in [-0.2, 0) is 11.3 Å². The fourth-order valence-corrected chi connectivity index (χ4v) is 1.59. The van der Waals surface area contributed by atoms with Gasteiger partial charge in [0.2, 0.25) is 5.91 Å². The highest BCUT2D eigenvalue weighted by Crippen LogP contribution is 2.24. The number of phenols is 2. The minimum Gasteiger partial charge on any atom is -0.504 e. The first kappa shape index (κ1) is 15.3. The van der Waals surface area contributed by atoms with E-state index in [-0.39, 0.29) is 22.9 Å². The van der Waals surface area contributed by atoms with Crippen LogP contribution in [0.4, 0.5) is 0 Å². The van der Waals surface area contributed by atoms with Gasteiger partial charge in [-0.05, 0) is 38.5 Å². The fraction of sp³-hybridized carbons (Fsp3) is 0.500. The third kappa shape index (κ3) is 6.10. The molecule has 0 fully saturated rings. The molecule has 5 nitrogen and oxygen atoms in total. The number of hydrogen-bond donors (Lipinski definition) is 4. The highest BCUT2D eigenvalue weighted by Gasteiger charge is 2.12. The van der Waals surface area contributed by atoms with Gasteiger partial charge in [0.1, 0.15) is 0 Å². The summed E-state index contributed by atoms with van der Waals surface area (Å²) in [6, 6.07) is 4.66. The van der Waals surface area contributed by atoms with Crippen molar-refractivity contribution in [1.82, 2.24) is 10.6 Å². The predicted octanol–water partition coefficient (Wildman–Crippen LogP) is 1.49. The van der Waals surface area contributed by atoms with Crippen LogP contribution in [0.2, 0.25) is 0 Å². The van der Waals surface area contributed by atoms with E-state index >= 15 is 0 Å². The second kappa shape index (κ2) is 6.43. The topological polar surface area (TPSA) is 81.6 Å². The number of rotatable bonds is 5. The van der Waals surface area contributed by atoms with Gasteiger partial charge >= 0.3 is 0 Å². The Labute approximate surface area is 113 Å². The maximum absolute atomic E-state index is 11.5. The largest absolute Gasteiger partial charge is 0.504 e. The number of amides is 1. The average molecular weight is 266 g/mol. The minimum atomic E-state index is -0.209. The molecule has 1 rings (SSSR count). The molecule has 1 aromatic rings. The second-order valence-corrected chi connectivity index (χ2v) is 5.55. The van der Waals surface area contributed by atoms with Gasteiger partial charge in [-0.1, -0.05) is 6.07 Å². The van der Waals surface area contributed by atoms with Gasteiger partial charge in [-0.3, -0.25) is 4.79 Å². The molecule has 0 spiro atoms. The number of phenolic OH excluding ortho intramolecular Hbond substituents is 2. The molecule has 0 atom stereocenters. The molecular formula is C14H22N2O3. The Kier molecular flexibility index (Phi) is 5.18. The predicted molar refractivity (Wildman–Crippen MR) is 74.0 cm³/mol. The Bertz CT molecular complexity index is 439. The summed E-state index contributed by atoms with van der Waals surface area (Å²) in [7, 11) is 0. The van der Waals surface area contributed by atoms with Gasteiger partial charge in [0.25, 0.3) is 0 Å². The summed E-state index contributed by atoms with van der Waals surface area (Å²) in [5.41, 5.74) is 0.645. The summed E-state index contributed by atoms with van der Waals surface area (Å²) in [6.07, 6.45) is 0.404. The van der Waals surface area contributed by atoms with E-state index in [1.165, 1.54) is 12.1 Å². The van der Waals surface area contributed by atoms with Crippen LogP contribution >= 0.6 is 0 Å². The first-order chi connectivity index (χ1) is 8.78. The van der Waals surface area contributed by atoms with Crippen LogP contribution in [0.1, 0.15) is 32.8 Å². The average Bonchev–Trinajstić information content (AvgIpc) is 2.27. The molecule has 0 heterocycles. The lowest BCUT2D eigenvalue weighted by molar-refractivity contribution is -0.122. The number of hydrogen-bond acceptors (Lipinski definition) is 4. The van der Waals surface area contributed by atoms with Gasteiger partial charge in [-0.15, -0.1) is 0 Å². The monoisotopic (exact) mass is 266 g/mol. The first-order valence-electron chi connectivity index (χ1n) is 6.30. The third-order valence-electron chi connectivity index (χ3n) is 2.41. The zero-order valence-electron chi connectivity index (χ0n) is 11.7. The molecule has 106 valence electrons. The van der Waals surface area contributed by atoms with Crippen molar-refractivity contribution in [3.8, 4) is 11.5 Å². The van der Waals surface area contributed by atoms with Crippen LogP contribution in [-0.4, -0.2) is 28.2 Å². The summed E-state index contributed by atoms with van der Waals surface area (Å²) in [4.78, 5) is 11.5. The van der Waals surface area contributed by atoms with E-state index in [0.29, 0.717) is 19.5 Å². The van der Waals surface area contributed by atoms with Gasteiger partial charge in [0.15, 0.2) is 11.5 Å². The molecule has 0 saturated heterocycles. The zero-order chi connectivity index (χ0) is 14.5. The smallest absolute Gasteiger partial charge is 0.221 e. The highest BCUT2D eigenvalue weighted by molar-refractivity contribution is 5.76. The van der Waals surface area contributed by atoms with Crippen LogP contribution in [0.5, 0.6) is 11.5 Å². The van der Waals surface area contributed by atoms with E-state index in [9.17, 15) is 15.0 Å². The van der Waals surface area contributed by atoms with Crippen molar-refractivity contribution in [3.05, 3.63) is 23.8 Å². The Balaban J connectivity index is 2.27. The molecule has 5 heteroatoms. The van der Waals surface area contributed by atoms with Crippen molar-refractivity contribution in [2.75, 3.05) is 6.54 Å². The minimum absolute atomic E-state index is 0.00792. The third-order valence-corrected chi connectivity index (χ3v) is 2.41. The maximum Gasteiger partial charge on any atom is 0.221 e. The summed E-state index contributed by atoms with van der Waals surface area (Å²) in [6.45, 7) is 6.92. The Morgan fingerprint density at radius 2 is 1.89 bits per heavy atom. The standard InChI is InChI=1S/C14H22N2O3/c1-14(2,3)16-13(19)6-7-15-9-10-4-5-11(17)12(18)8-10/h4-5,8,15,17-18H,6-7,9H2,1-3H3,(H,16,19). The lowest BCUT2D eigenvalue weighted by Gasteiger charge is -2.20. The zero-order valence-corrected chi connectivity index (χ0v) is 11.7. The van der Waals surface area contributed by atoms with E-state index in [1.54, 1.807) is 6.07 Å². The van der Waals surface area contributed by atoms with Gasteiger partial charge in [0, 0.05) is 25.0 Å². The Morgan fingerprint density at radius 1 is 1.21 bits per heavy atom. The first-order valence-corrected chi connectivity index (χ1v) is 6.30. The molecule has 0 aliphatic carbocycles. The van der Waals surface area contributed by atoms with E-state index < -0.39 is 0 Å². The van der Waals surface area contributed by atoms with E-state index in [2.05, 4.69) is 10.6 Å². The number of aromatic hydroxyl groups is 2. The molecule has 0 aromatic heterocycles. The van der Waals surface area contributed by atoms with Crippen molar-refractivity contribution < 1.29 is 15.0 Å². The van der Waals surface area contributed by atoms with E-state index in [4.69, 9.17) is 0 Å². The molecule has 1 amide bonds. The van der Waals surface area contributed by atoms with Crippen molar-refractivity contribution in [2.45, 2.75) is 39.3 Å². The van der Waals surface area contributed by atoms with E-state index in [0.717, 1.165) is 5.56 Å².